The lowest BCUT2D eigenvalue weighted by Gasteiger charge is -2.32. The van der Waals surface area contributed by atoms with Gasteiger partial charge >= 0.3 is 0 Å². The number of carbonyl (C=O) groups is 1. The summed E-state index contributed by atoms with van der Waals surface area (Å²) in [4.78, 5) is 14.3. The van der Waals surface area contributed by atoms with Gasteiger partial charge in [0.1, 0.15) is 5.78 Å². The van der Waals surface area contributed by atoms with Gasteiger partial charge in [0.15, 0.2) is 0 Å². The fourth-order valence-corrected chi connectivity index (χ4v) is 3.47. The van der Waals surface area contributed by atoms with E-state index in [0.717, 1.165) is 32.4 Å². The molecule has 0 unspecified atom stereocenters. The van der Waals surface area contributed by atoms with Gasteiger partial charge in [-0.3, -0.25) is 9.48 Å². The van der Waals surface area contributed by atoms with Crippen molar-refractivity contribution in [2.24, 2.45) is 11.8 Å². The highest BCUT2D eigenvalue weighted by molar-refractivity contribution is 5.80. The molecule has 1 fully saturated rings. The Kier molecular flexibility index (Phi) is 7.47. The van der Waals surface area contributed by atoms with Gasteiger partial charge in [0.2, 0.25) is 0 Å². The van der Waals surface area contributed by atoms with Crippen molar-refractivity contribution in [1.82, 2.24) is 14.7 Å². The smallest absolute Gasteiger partial charge is 0.135 e. The van der Waals surface area contributed by atoms with Crippen LogP contribution in [0.15, 0.2) is 12.4 Å². The molecule has 0 N–H and O–H groups in total. The minimum absolute atomic E-state index is 0.189. The second kappa shape index (κ2) is 9.36. The maximum atomic E-state index is 11.7. The number of aromatic nitrogens is 2. The topological polar surface area (TPSA) is 38.1 Å². The third kappa shape index (κ3) is 6.04. The molecule has 2 rings (SSSR count). The van der Waals surface area contributed by atoms with Crippen LogP contribution >= 0.6 is 0 Å². The van der Waals surface area contributed by atoms with Crippen LogP contribution in [-0.2, 0) is 11.3 Å². The maximum Gasteiger partial charge on any atom is 0.135 e. The van der Waals surface area contributed by atoms with Crippen LogP contribution in [0, 0.1) is 11.8 Å². The van der Waals surface area contributed by atoms with Gasteiger partial charge in [0.25, 0.3) is 0 Å². The third-order valence-electron chi connectivity index (χ3n) is 5.16. The minimum atomic E-state index is 0.189. The summed E-state index contributed by atoms with van der Waals surface area (Å²) < 4.78 is 2.13. The summed E-state index contributed by atoms with van der Waals surface area (Å²) in [6.07, 6.45) is 9.74. The molecule has 4 heteroatoms. The first kappa shape index (κ1) is 19.2. The lowest BCUT2D eigenvalue weighted by atomic mass is 9.97. The predicted octanol–water partition coefficient (Wildman–Crippen LogP) is 4.11. The summed E-state index contributed by atoms with van der Waals surface area (Å²) in [5.74, 6) is 1.85. The Balaban J connectivity index is 1.70. The van der Waals surface area contributed by atoms with Crippen LogP contribution in [-0.4, -0.2) is 40.1 Å². The number of Topliss-reactive ketones (excluding diaryl/α,β-unsaturated/α-hetero) is 1. The zero-order valence-electron chi connectivity index (χ0n) is 16.0. The molecule has 4 nitrogen and oxygen atoms in total. The molecule has 0 aliphatic carbocycles. The average Bonchev–Trinajstić information content (AvgIpc) is 3.00. The number of likely N-dealkylation sites (tertiary alicyclic amines) is 1. The molecule has 0 radical (unpaired) electrons. The van der Waals surface area contributed by atoms with Crippen LogP contribution in [0.4, 0.5) is 0 Å². The van der Waals surface area contributed by atoms with Crippen molar-refractivity contribution < 1.29 is 4.79 Å². The number of nitrogens with zero attached hydrogens (tertiary/aromatic N) is 3. The molecule has 136 valence electrons. The van der Waals surface area contributed by atoms with E-state index in [-0.39, 0.29) is 5.92 Å². The van der Waals surface area contributed by atoms with Gasteiger partial charge in [0.05, 0.1) is 6.20 Å². The fourth-order valence-electron chi connectivity index (χ4n) is 3.47. The quantitative estimate of drug-likeness (QED) is 0.638. The van der Waals surface area contributed by atoms with E-state index in [0.29, 0.717) is 17.6 Å². The Morgan fingerprint density at radius 1 is 1.29 bits per heavy atom. The lowest BCUT2D eigenvalue weighted by molar-refractivity contribution is -0.122. The van der Waals surface area contributed by atoms with E-state index in [9.17, 15) is 4.79 Å². The Morgan fingerprint density at radius 2 is 2.08 bits per heavy atom. The van der Waals surface area contributed by atoms with Crippen LogP contribution in [0.5, 0.6) is 0 Å². The Bertz CT molecular complexity index is 507. The third-order valence-corrected chi connectivity index (χ3v) is 5.16. The van der Waals surface area contributed by atoms with Crippen molar-refractivity contribution in [2.45, 2.75) is 72.3 Å². The van der Waals surface area contributed by atoms with Crippen molar-refractivity contribution >= 4 is 5.78 Å². The van der Waals surface area contributed by atoms with Gasteiger partial charge in [-0.1, -0.05) is 27.7 Å². The molecule has 0 amide bonds. The molecule has 0 saturated carbocycles. The van der Waals surface area contributed by atoms with Gasteiger partial charge in [-0.25, -0.2) is 0 Å². The highest BCUT2D eigenvalue weighted by atomic mass is 16.1. The van der Waals surface area contributed by atoms with Crippen LogP contribution in [0.2, 0.25) is 0 Å². The summed E-state index contributed by atoms with van der Waals surface area (Å²) in [5.41, 5.74) is 1.33. The van der Waals surface area contributed by atoms with Gasteiger partial charge < -0.3 is 4.90 Å². The van der Waals surface area contributed by atoms with Crippen LogP contribution in [0.3, 0.4) is 0 Å². The number of carbonyl (C=O) groups excluding carboxylic acids is 1. The molecule has 1 aromatic rings. The van der Waals surface area contributed by atoms with Crippen LogP contribution in [0.1, 0.15) is 71.3 Å². The average molecular weight is 334 g/mol. The lowest BCUT2D eigenvalue weighted by Crippen LogP contribution is -2.37. The number of ketones is 1. The van der Waals surface area contributed by atoms with E-state index in [2.05, 4.69) is 34.7 Å². The van der Waals surface area contributed by atoms with Crippen molar-refractivity contribution in [1.29, 1.82) is 0 Å². The summed E-state index contributed by atoms with van der Waals surface area (Å²) >= 11 is 0. The van der Waals surface area contributed by atoms with E-state index in [1.807, 2.05) is 20.0 Å². The predicted molar refractivity (Wildman–Crippen MR) is 99.2 cm³/mol. The molecule has 24 heavy (non-hydrogen) atoms. The van der Waals surface area contributed by atoms with Gasteiger partial charge in [-0.15, -0.1) is 0 Å². The Labute approximate surface area is 147 Å². The summed E-state index contributed by atoms with van der Waals surface area (Å²) in [7, 11) is 0. The summed E-state index contributed by atoms with van der Waals surface area (Å²) in [5, 5.41) is 4.53. The van der Waals surface area contributed by atoms with Crippen molar-refractivity contribution in [3.05, 3.63) is 18.0 Å². The van der Waals surface area contributed by atoms with E-state index in [1.165, 1.54) is 31.5 Å². The number of rotatable bonds is 9. The highest BCUT2D eigenvalue weighted by Gasteiger charge is 2.20. The second-order valence-electron chi connectivity index (χ2n) is 8.04. The maximum absolute atomic E-state index is 11.7. The molecule has 1 aliphatic heterocycles. The molecule has 1 aromatic heterocycles. The summed E-state index contributed by atoms with van der Waals surface area (Å²) in [6, 6.07) is 0. The molecule has 1 atom stereocenters. The zero-order valence-corrected chi connectivity index (χ0v) is 16.0. The van der Waals surface area contributed by atoms with Crippen molar-refractivity contribution in [3.63, 3.8) is 0 Å². The number of hydrogen-bond acceptors (Lipinski definition) is 3. The van der Waals surface area contributed by atoms with E-state index >= 15 is 0 Å². The number of piperidine rings is 1. The standard InChI is InChI=1S/C20H35N3O/c1-16(2)19-12-21-23(15-19)14-18-8-7-11-22(13-18)10-6-5-9-20(24)17(3)4/h12,15-18H,5-11,13-14H2,1-4H3/t18-/m0/s1. The molecule has 0 aromatic carbocycles. The van der Waals surface area contributed by atoms with Crippen LogP contribution < -0.4 is 0 Å². The monoisotopic (exact) mass is 333 g/mol. The first-order valence-electron chi connectivity index (χ1n) is 9.73. The molecule has 2 heterocycles. The second-order valence-corrected chi connectivity index (χ2v) is 8.04. The Hall–Kier alpha value is -1.16. The fraction of sp³-hybridized carbons (Fsp3) is 0.800. The molecule has 0 bridgehead atoms. The minimum Gasteiger partial charge on any atom is -0.303 e. The number of unbranched alkanes of at least 4 members (excludes halogenated alkanes) is 1. The normalized spacial score (nSPS) is 19.3. The SMILES string of the molecule is CC(C)C(=O)CCCCN1CCC[C@H](Cn2cc(C(C)C)cn2)C1. The largest absolute Gasteiger partial charge is 0.303 e. The summed E-state index contributed by atoms with van der Waals surface area (Å²) in [6.45, 7) is 13.0. The molecular weight excluding hydrogens is 298 g/mol. The highest BCUT2D eigenvalue weighted by Crippen LogP contribution is 2.20. The van der Waals surface area contributed by atoms with Crippen molar-refractivity contribution in [2.75, 3.05) is 19.6 Å². The number of hydrogen-bond donors (Lipinski definition) is 0. The van der Waals surface area contributed by atoms with E-state index in [4.69, 9.17) is 0 Å². The molecule has 1 saturated heterocycles. The molecular formula is C20H35N3O. The molecule has 0 spiro atoms. The van der Waals surface area contributed by atoms with Crippen LogP contribution in [0.25, 0.3) is 0 Å². The molecule has 1 aliphatic rings. The zero-order chi connectivity index (χ0) is 17.5. The van der Waals surface area contributed by atoms with Gasteiger partial charge in [0, 0.05) is 31.6 Å². The van der Waals surface area contributed by atoms with E-state index in [1.54, 1.807) is 0 Å². The van der Waals surface area contributed by atoms with Crippen molar-refractivity contribution in [3.8, 4) is 0 Å². The first-order valence-corrected chi connectivity index (χ1v) is 9.73. The Morgan fingerprint density at radius 3 is 2.75 bits per heavy atom. The van der Waals surface area contributed by atoms with Gasteiger partial charge in [-0.2, -0.15) is 5.10 Å². The van der Waals surface area contributed by atoms with Gasteiger partial charge in [-0.05, 0) is 56.2 Å². The first-order chi connectivity index (χ1) is 11.5. The van der Waals surface area contributed by atoms with E-state index < -0.39 is 0 Å².